The molecule has 18 heavy (non-hydrogen) atoms. The zero-order valence-corrected chi connectivity index (χ0v) is 9.97. The van der Waals surface area contributed by atoms with E-state index in [0.29, 0.717) is 18.8 Å². The van der Waals surface area contributed by atoms with Crippen LogP contribution in [0.25, 0.3) is 0 Å². The van der Waals surface area contributed by atoms with Crippen LogP contribution in [-0.4, -0.2) is 10.9 Å². The third-order valence-corrected chi connectivity index (χ3v) is 2.58. The molecule has 0 saturated heterocycles. The minimum Gasteiger partial charge on any atom is -0.347 e. The Morgan fingerprint density at radius 3 is 2.72 bits per heavy atom. The van der Waals surface area contributed by atoms with Crippen LogP contribution in [0, 0.1) is 0 Å². The molecule has 1 amide bonds. The first kappa shape index (κ1) is 12.3. The number of carbonyl (C=O) groups is 1. The van der Waals surface area contributed by atoms with Gasteiger partial charge in [0.1, 0.15) is 5.69 Å². The van der Waals surface area contributed by atoms with Crippen molar-refractivity contribution in [1.29, 1.82) is 0 Å². The van der Waals surface area contributed by atoms with Crippen LogP contribution in [0.3, 0.4) is 0 Å². The molecular formula is C14H15N3O. The summed E-state index contributed by atoms with van der Waals surface area (Å²) < 4.78 is 0. The zero-order chi connectivity index (χ0) is 12.8. The Bertz CT molecular complexity index is 526. The van der Waals surface area contributed by atoms with Gasteiger partial charge in [-0.2, -0.15) is 0 Å². The van der Waals surface area contributed by atoms with E-state index in [4.69, 9.17) is 5.73 Å². The van der Waals surface area contributed by atoms with Crippen LogP contribution >= 0.6 is 0 Å². The minimum atomic E-state index is -0.172. The smallest absolute Gasteiger partial charge is 0.270 e. The summed E-state index contributed by atoms with van der Waals surface area (Å²) >= 11 is 0. The molecule has 2 rings (SSSR count). The first-order valence-corrected chi connectivity index (χ1v) is 5.76. The molecule has 0 radical (unpaired) electrons. The summed E-state index contributed by atoms with van der Waals surface area (Å²) in [5.74, 6) is -0.172. The Labute approximate surface area is 106 Å². The normalized spacial score (nSPS) is 10.1. The van der Waals surface area contributed by atoms with Gasteiger partial charge in [-0.1, -0.05) is 30.3 Å². The number of rotatable bonds is 4. The molecule has 0 atom stereocenters. The fraction of sp³-hybridized carbons (Fsp3) is 0.143. The summed E-state index contributed by atoms with van der Waals surface area (Å²) in [5, 5.41) is 2.82. The number of amides is 1. The van der Waals surface area contributed by atoms with E-state index in [1.54, 1.807) is 24.4 Å². The molecule has 1 heterocycles. The molecule has 0 aliphatic rings. The lowest BCUT2D eigenvalue weighted by Crippen LogP contribution is -2.23. The highest BCUT2D eigenvalue weighted by molar-refractivity contribution is 5.92. The highest BCUT2D eigenvalue weighted by atomic mass is 16.1. The standard InChI is InChI=1S/C14H15N3O/c15-9-11-4-3-5-12(8-11)10-17-14(18)13-6-1-2-7-16-13/h1-8H,9-10,15H2,(H,17,18). The van der Waals surface area contributed by atoms with E-state index >= 15 is 0 Å². The van der Waals surface area contributed by atoms with Crippen molar-refractivity contribution >= 4 is 5.91 Å². The summed E-state index contributed by atoms with van der Waals surface area (Å²) in [4.78, 5) is 15.8. The lowest BCUT2D eigenvalue weighted by atomic mass is 10.1. The number of aromatic nitrogens is 1. The van der Waals surface area contributed by atoms with Gasteiger partial charge in [0.25, 0.3) is 5.91 Å². The largest absolute Gasteiger partial charge is 0.347 e. The number of hydrogen-bond donors (Lipinski definition) is 2. The van der Waals surface area contributed by atoms with Crippen molar-refractivity contribution in [2.75, 3.05) is 0 Å². The molecule has 92 valence electrons. The number of carbonyl (C=O) groups excluding carboxylic acids is 1. The van der Waals surface area contributed by atoms with Crippen LogP contribution in [-0.2, 0) is 13.1 Å². The van der Waals surface area contributed by atoms with E-state index in [9.17, 15) is 4.79 Å². The second-order valence-electron chi connectivity index (χ2n) is 3.92. The van der Waals surface area contributed by atoms with Crippen molar-refractivity contribution < 1.29 is 4.79 Å². The van der Waals surface area contributed by atoms with Crippen molar-refractivity contribution in [3.05, 3.63) is 65.5 Å². The number of nitrogens with two attached hydrogens (primary N) is 1. The van der Waals surface area contributed by atoms with E-state index in [-0.39, 0.29) is 5.91 Å². The van der Waals surface area contributed by atoms with Crippen LogP contribution in [0.2, 0.25) is 0 Å². The van der Waals surface area contributed by atoms with Gasteiger partial charge >= 0.3 is 0 Å². The highest BCUT2D eigenvalue weighted by Gasteiger charge is 2.05. The van der Waals surface area contributed by atoms with Crippen molar-refractivity contribution in [3.63, 3.8) is 0 Å². The van der Waals surface area contributed by atoms with E-state index < -0.39 is 0 Å². The van der Waals surface area contributed by atoms with Gasteiger partial charge in [-0.25, -0.2) is 0 Å². The van der Waals surface area contributed by atoms with Crippen molar-refractivity contribution in [1.82, 2.24) is 10.3 Å². The van der Waals surface area contributed by atoms with Gasteiger partial charge in [0.05, 0.1) is 0 Å². The van der Waals surface area contributed by atoms with Gasteiger partial charge in [-0.3, -0.25) is 9.78 Å². The Kier molecular flexibility index (Phi) is 4.04. The predicted octanol–water partition coefficient (Wildman–Crippen LogP) is 1.47. The highest BCUT2D eigenvalue weighted by Crippen LogP contribution is 2.04. The average molecular weight is 241 g/mol. The maximum absolute atomic E-state index is 11.8. The molecule has 0 aliphatic heterocycles. The summed E-state index contributed by atoms with van der Waals surface area (Å²) in [6.45, 7) is 0.977. The first-order valence-electron chi connectivity index (χ1n) is 5.76. The van der Waals surface area contributed by atoms with E-state index in [1.165, 1.54) is 0 Å². The zero-order valence-electron chi connectivity index (χ0n) is 9.97. The number of nitrogens with zero attached hydrogens (tertiary/aromatic N) is 1. The lowest BCUT2D eigenvalue weighted by molar-refractivity contribution is 0.0946. The number of benzene rings is 1. The van der Waals surface area contributed by atoms with Gasteiger partial charge in [-0.05, 0) is 23.3 Å². The van der Waals surface area contributed by atoms with Crippen molar-refractivity contribution in [3.8, 4) is 0 Å². The molecule has 0 aliphatic carbocycles. The van der Waals surface area contributed by atoms with Gasteiger partial charge in [0.2, 0.25) is 0 Å². The van der Waals surface area contributed by atoms with E-state index in [2.05, 4.69) is 10.3 Å². The number of nitrogens with one attached hydrogen (secondary N) is 1. The van der Waals surface area contributed by atoms with Gasteiger partial charge in [0.15, 0.2) is 0 Å². The Morgan fingerprint density at radius 1 is 1.17 bits per heavy atom. The summed E-state index contributed by atoms with van der Waals surface area (Å²) in [7, 11) is 0. The van der Waals surface area contributed by atoms with Crippen LogP contribution in [0.5, 0.6) is 0 Å². The third-order valence-electron chi connectivity index (χ3n) is 2.58. The molecule has 0 fully saturated rings. The van der Waals surface area contributed by atoms with Crippen LogP contribution in [0.1, 0.15) is 21.6 Å². The van der Waals surface area contributed by atoms with Gasteiger partial charge in [-0.15, -0.1) is 0 Å². The molecule has 0 saturated carbocycles. The Morgan fingerprint density at radius 2 is 2.00 bits per heavy atom. The fourth-order valence-corrected chi connectivity index (χ4v) is 1.64. The average Bonchev–Trinajstić information content (AvgIpc) is 2.46. The SMILES string of the molecule is NCc1cccc(CNC(=O)c2ccccn2)c1. The number of hydrogen-bond acceptors (Lipinski definition) is 3. The molecule has 1 aromatic carbocycles. The second kappa shape index (κ2) is 5.93. The molecule has 1 aromatic heterocycles. The first-order chi connectivity index (χ1) is 8.79. The maximum Gasteiger partial charge on any atom is 0.270 e. The molecule has 0 bridgehead atoms. The van der Waals surface area contributed by atoms with E-state index in [0.717, 1.165) is 11.1 Å². The monoisotopic (exact) mass is 241 g/mol. The molecule has 4 heteroatoms. The maximum atomic E-state index is 11.8. The molecule has 0 spiro atoms. The van der Waals surface area contributed by atoms with Crippen LogP contribution in [0.4, 0.5) is 0 Å². The van der Waals surface area contributed by atoms with E-state index in [1.807, 2.05) is 24.3 Å². The predicted molar refractivity (Wildman–Crippen MR) is 69.7 cm³/mol. The Balaban J connectivity index is 1.97. The fourth-order valence-electron chi connectivity index (χ4n) is 1.64. The lowest BCUT2D eigenvalue weighted by Gasteiger charge is -2.06. The molecule has 0 unspecified atom stereocenters. The summed E-state index contributed by atoms with van der Waals surface area (Å²) in [6.07, 6.45) is 1.60. The molecular weight excluding hydrogens is 226 g/mol. The topological polar surface area (TPSA) is 68.0 Å². The second-order valence-corrected chi connectivity index (χ2v) is 3.92. The van der Waals surface area contributed by atoms with Crippen LogP contribution in [0.15, 0.2) is 48.7 Å². The van der Waals surface area contributed by atoms with Crippen molar-refractivity contribution in [2.45, 2.75) is 13.1 Å². The quantitative estimate of drug-likeness (QED) is 0.851. The summed E-state index contributed by atoms with van der Waals surface area (Å²) in [5.41, 5.74) is 8.08. The van der Waals surface area contributed by atoms with Crippen LogP contribution < -0.4 is 11.1 Å². The summed E-state index contributed by atoms with van der Waals surface area (Å²) in [6, 6.07) is 13.1. The molecule has 3 N–H and O–H groups in total. The van der Waals surface area contributed by atoms with Gasteiger partial charge in [0, 0.05) is 19.3 Å². The molecule has 4 nitrogen and oxygen atoms in total. The van der Waals surface area contributed by atoms with Gasteiger partial charge < -0.3 is 11.1 Å². The molecule has 2 aromatic rings. The minimum absolute atomic E-state index is 0.172. The Hall–Kier alpha value is -2.20. The third kappa shape index (κ3) is 3.15. The number of pyridine rings is 1. The van der Waals surface area contributed by atoms with Crippen molar-refractivity contribution in [2.24, 2.45) is 5.73 Å².